The van der Waals surface area contributed by atoms with Gasteiger partial charge in [-0.2, -0.15) is 0 Å². The van der Waals surface area contributed by atoms with Gasteiger partial charge < -0.3 is 37.2 Å². The van der Waals surface area contributed by atoms with Gasteiger partial charge in [0.05, 0.1) is 25.3 Å². The molecule has 3 unspecified atom stereocenters. The lowest BCUT2D eigenvalue weighted by atomic mass is 9.98. The Balaban J connectivity index is 0. The lowest BCUT2D eigenvalue weighted by molar-refractivity contribution is 0.279. The predicted molar refractivity (Wildman–Crippen MR) is 198 cm³/mol. The average molecular weight is 702 g/mol. The molecule has 4 rings (SSSR count). The second-order valence-electron chi connectivity index (χ2n) is 10.8. The van der Waals surface area contributed by atoms with Gasteiger partial charge in [-0.3, -0.25) is 15.0 Å². The molecule has 46 heavy (non-hydrogen) atoms. The van der Waals surface area contributed by atoms with Crippen LogP contribution in [0.3, 0.4) is 0 Å². The molecule has 1 aliphatic heterocycles. The van der Waals surface area contributed by atoms with Gasteiger partial charge in [0, 0.05) is 28.8 Å². The highest BCUT2D eigenvalue weighted by atomic mass is 35.5. The summed E-state index contributed by atoms with van der Waals surface area (Å²) in [5, 5.41) is 3.53. The van der Waals surface area contributed by atoms with E-state index in [1.807, 2.05) is 62.4 Å². The lowest BCUT2D eigenvalue weighted by Crippen LogP contribution is -2.35. The predicted octanol–water partition coefficient (Wildman–Crippen LogP) is 4.78. The van der Waals surface area contributed by atoms with Crippen molar-refractivity contribution < 1.29 is 20.4 Å². The van der Waals surface area contributed by atoms with Crippen molar-refractivity contribution in [3.8, 4) is 11.5 Å². The van der Waals surface area contributed by atoms with E-state index in [0.29, 0.717) is 24.9 Å². The van der Waals surface area contributed by atoms with Crippen molar-refractivity contribution in [2.75, 3.05) is 13.2 Å². The van der Waals surface area contributed by atoms with Crippen LogP contribution in [0.15, 0.2) is 87.3 Å². The van der Waals surface area contributed by atoms with Gasteiger partial charge in [0.15, 0.2) is 0 Å². The van der Waals surface area contributed by atoms with Crippen LogP contribution in [0.2, 0.25) is 0 Å². The van der Waals surface area contributed by atoms with E-state index in [2.05, 4.69) is 47.4 Å². The number of ether oxygens (including phenoxy) is 2. The second-order valence-corrected chi connectivity index (χ2v) is 10.8. The number of nitrogens with zero attached hydrogens (tertiary/aromatic N) is 3. The Morgan fingerprint density at radius 2 is 1.52 bits per heavy atom. The van der Waals surface area contributed by atoms with Crippen LogP contribution in [-0.4, -0.2) is 65.8 Å². The largest absolute Gasteiger partial charge is 0.494 e. The van der Waals surface area contributed by atoms with Crippen molar-refractivity contribution in [2.24, 2.45) is 26.4 Å². The summed E-state index contributed by atoms with van der Waals surface area (Å²) >= 11 is 0. The highest BCUT2D eigenvalue weighted by molar-refractivity contribution is 6.03. The first-order valence-electron chi connectivity index (χ1n) is 14.7. The number of hydrogen-bond donors (Lipinski definition) is 3. The molecule has 0 aromatic heterocycles. The maximum atomic E-state index is 6.17. The van der Waals surface area contributed by atoms with Gasteiger partial charge in [-0.15, -0.1) is 37.2 Å². The molecule has 1 aliphatic carbocycles. The SMILES string of the molecule is CCC(C)N=C(N)c1ccc(OCCCCCOc2cccc(C3=NC4C=CC(C(N)=NC(C)C)=CC4N3)c2)cc1.Cl.Cl.Cl.O.O. The van der Waals surface area contributed by atoms with Crippen molar-refractivity contribution >= 4 is 54.7 Å². The molecular formula is C33H51Cl3N6O4. The van der Waals surface area contributed by atoms with Gasteiger partial charge in [0.1, 0.15) is 29.0 Å². The maximum Gasteiger partial charge on any atom is 0.129 e. The summed E-state index contributed by atoms with van der Waals surface area (Å²) in [6.07, 6.45) is 10.1. The summed E-state index contributed by atoms with van der Waals surface area (Å²) in [6, 6.07) is 16.4. The van der Waals surface area contributed by atoms with E-state index in [1.165, 1.54) is 0 Å². The van der Waals surface area contributed by atoms with Crippen molar-refractivity contribution in [1.29, 1.82) is 0 Å². The third kappa shape index (κ3) is 13.2. The first-order valence-corrected chi connectivity index (χ1v) is 14.7. The number of nitrogens with two attached hydrogens (primary N) is 2. The monoisotopic (exact) mass is 700 g/mol. The van der Waals surface area contributed by atoms with Gasteiger partial charge >= 0.3 is 0 Å². The Bertz CT molecular complexity index is 1330. The quantitative estimate of drug-likeness (QED) is 0.145. The Hall–Kier alpha value is -3.28. The summed E-state index contributed by atoms with van der Waals surface area (Å²) < 4.78 is 11.9. The van der Waals surface area contributed by atoms with Crippen molar-refractivity contribution in [3.05, 3.63) is 83.5 Å². The minimum Gasteiger partial charge on any atom is -0.494 e. The Kier molecular flexibility index (Phi) is 21.7. The molecule has 3 atom stereocenters. The maximum absolute atomic E-state index is 6.17. The summed E-state index contributed by atoms with van der Waals surface area (Å²) in [4.78, 5) is 13.8. The molecule has 258 valence electrons. The molecule has 0 amide bonds. The number of unbranched alkanes of at least 4 members (excludes halogenated alkanes) is 2. The van der Waals surface area contributed by atoms with Crippen LogP contribution in [0, 0.1) is 0 Å². The van der Waals surface area contributed by atoms with Crippen LogP contribution in [-0.2, 0) is 0 Å². The highest BCUT2D eigenvalue weighted by Gasteiger charge is 2.29. The number of benzene rings is 2. The topological polar surface area (TPSA) is 183 Å². The molecule has 9 N–H and O–H groups in total. The number of aliphatic imine (C=N–C) groups is 3. The van der Waals surface area contributed by atoms with Crippen LogP contribution in [0.5, 0.6) is 11.5 Å². The van der Waals surface area contributed by atoms with E-state index in [1.54, 1.807) is 0 Å². The number of fused-ring (bicyclic) bond motifs is 1. The number of amidine groups is 3. The molecule has 0 radical (unpaired) electrons. The molecule has 0 spiro atoms. The van der Waals surface area contributed by atoms with Crippen LogP contribution < -0.4 is 26.3 Å². The number of nitrogens with one attached hydrogen (secondary N) is 1. The molecule has 0 saturated carbocycles. The van der Waals surface area contributed by atoms with Crippen LogP contribution in [0.4, 0.5) is 0 Å². The van der Waals surface area contributed by atoms with Crippen molar-refractivity contribution in [3.63, 3.8) is 0 Å². The second kappa shape index (κ2) is 22.3. The van der Waals surface area contributed by atoms with Gasteiger partial charge in [-0.25, -0.2) is 0 Å². The van der Waals surface area contributed by atoms with E-state index >= 15 is 0 Å². The molecule has 1 heterocycles. The summed E-state index contributed by atoms with van der Waals surface area (Å²) in [5.41, 5.74) is 15.1. The van der Waals surface area contributed by atoms with Crippen LogP contribution >= 0.6 is 37.2 Å². The average Bonchev–Trinajstić information content (AvgIpc) is 3.40. The number of rotatable bonds is 14. The molecule has 0 saturated heterocycles. The van der Waals surface area contributed by atoms with E-state index in [9.17, 15) is 0 Å². The zero-order chi connectivity index (χ0) is 29.2. The number of hydrogen-bond acceptors (Lipinski definition) is 6. The molecule has 2 aliphatic rings. The molecule has 0 bridgehead atoms. The summed E-state index contributed by atoms with van der Waals surface area (Å²) in [6.45, 7) is 9.52. The fourth-order valence-corrected chi connectivity index (χ4v) is 4.56. The molecule has 13 heteroatoms. The zero-order valence-electron chi connectivity index (χ0n) is 26.9. The lowest BCUT2D eigenvalue weighted by Gasteiger charge is -2.18. The third-order valence-corrected chi connectivity index (χ3v) is 7.01. The van der Waals surface area contributed by atoms with Crippen molar-refractivity contribution in [1.82, 2.24) is 5.32 Å². The first kappa shape index (κ1) is 44.8. The van der Waals surface area contributed by atoms with Crippen LogP contribution in [0.25, 0.3) is 0 Å². The third-order valence-electron chi connectivity index (χ3n) is 7.01. The standard InChI is InChI=1S/C33H44N6O2.3ClH.2H2O/c1-5-23(4)37-31(34)24-12-15-27(16-13-24)40-18-7-6-8-19-41-28-11-9-10-26(20-28)33-38-29-17-14-25(21-30(29)39-33)32(35)36-22(2)3;;;;;/h9-17,20-23,29-30H,5-8,18-19H2,1-4H3,(H2,34,37)(H2,35,36)(H,38,39);3*1H;2*1H2. The fraction of sp³-hybridized carbons (Fsp3) is 0.424. The van der Waals surface area contributed by atoms with Gasteiger partial charge in [-0.05, 0) is 88.9 Å². The van der Waals surface area contributed by atoms with E-state index < -0.39 is 0 Å². The Labute approximate surface area is 291 Å². The zero-order valence-corrected chi connectivity index (χ0v) is 29.4. The minimum atomic E-state index is 0. The van der Waals surface area contributed by atoms with Crippen LogP contribution in [0.1, 0.15) is 64.5 Å². The highest BCUT2D eigenvalue weighted by Crippen LogP contribution is 2.23. The molecule has 2 aromatic rings. The molecule has 2 aromatic carbocycles. The van der Waals surface area contributed by atoms with E-state index in [0.717, 1.165) is 59.7 Å². The van der Waals surface area contributed by atoms with E-state index in [-0.39, 0.29) is 72.3 Å². The molecule has 10 nitrogen and oxygen atoms in total. The minimum absolute atomic E-state index is 0. The molecular weight excluding hydrogens is 651 g/mol. The summed E-state index contributed by atoms with van der Waals surface area (Å²) in [5.74, 6) is 3.69. The van der Waals surface area contributed by atoms with E-state index in [4.69, 9.17) is 25.9 Å². The fourth-order valence-electron chi connectivity index (χ4n) is 4.56. The Morgan fingerprint density at radius 1 is 0.870 bits per heavy atom. The Morgan fingerprint density at radius 3 is 2.15 bits per heavy atom. The van der Waals surface area contributed by atoms with Gasteiger partial charge in [-0.1, -0.05) is 31.2 Å². The molecule has 0 fully saturated rings. The first-order chi connectivity index (χ1) is 19.8. The van der Waals surface area contributed by atoms with Crippen molar-refractivity contribution in [2.45, 2.75) is 77.5 Å². The normalized spacial score (nSPS) is 17.2. The summed E-state index contributed by atoms with van der Waals surface area (Å²) in [7, 11) is 0. The smallest absolute Gasteiger partial charge is 0.129 e. The number of halogens is 3. The van der Waals surface area contributed by atoms with Gasteiger partial charge in [0.25, 0.3) is 0 Å². The van der Waals surface area contributed by atoms with Gasteiger partial charge in [0.2, 0.25) is 0 Å².